The number of rotatable bonds is 2. The summed E-state index contributed by atoms with van der Waals surface area (Å²) in [6.07, 6.45) is 0.435. The van der Waals surface area contributed by atoms with Gasteiger partial charge in [-0.1, -0.05) is 44.2 Å². The molecule has 1 aliphatic carbocycles. The molecule has 2 atom stereocenters. The number of hydrogen-bond acceptors (Lipinski definition) is 4. The lowest BCUT2D eigenvalue weighted by atomic mass is 9.72. The van der Waals surface area contributed by atoms with Gasteiger partial charge >= 0.3 is 0 Å². The van der Waals surface area contributed by atoms with Gasteiger partial charge in [0.1, 0.15) is 11.7 Å². The van der Waals surface area contributed by atoms with E-state index in [9.17, 15) is 14.4 Å². The quantitative estimate of drug-likeness (QED) is 0.782. The van der Waals surface area contributed by atoms with Crippen LogP contribution in [0.5, 0.6) is 0 Å². The van der Waals surface area contributed by atoms with Crippen molar-refractivity contribution in [1.29, 1.82) is 0 Å². The standard InChI is InChI=1S/C19H19NO4/c1-19(2)9-8-12-13(16(19)21)14-15(24-12)18(23)20(17(14)22)10-11-6-4-3-5-7-11/h3-7,14-15H,8-10H2,1-2H3/t14-,15+/m1/s1. The van der Waals surface area contributed by atoms with Crippen LogP contribution in [0.3, 0.4) is 0 Å². The third-order valence-corrected chi connectivity index (χ3v) is 5.24. The fourth-order valence-electron chi connectivity index (χ4n) is 3.77. The van der Waals surface area contributed by atoms with E-state index in [1.807, 2.05) is 44.2 Å². The number of allylic oxidation sites excluding steroid dienone is 1. The summed E-state index contributed by atoms with van der Waals surface area (Å²) in [4.78, 5) is 39.5. The van der Waals surface area contributed by atoms with Crippen LogP contribution in [0.25, 0.3) is 0 Å². The second-order valence-electron chi connectivity index (χ2n) is 7.31. The Balaban J connectivity index is 1.65. The highest BCUT2D eigenvalue weighted by Crippen LogP contribution is 2.48. The molecule has 0 spiro atoms. The highest BCUT2D eigenvalue weighted by atomic mass is 16.5. The molecular weight excluding hydrogens is 306 g/mol. The second-order valence-corrected chi connectivity index (χ2v) is 7.31. The minimum Gasteiger partial charge on any atom is -0.483 e. The van der Waals surface area contributed by atoms with Gasteiger partial charge in [0, 0.05) is 11.8 Å². The Labute approximate surface area is 140 Å². The molecule has 0 radical (unpaired) electrons. The molecule has 1 aromatic rings. The van der Waals surface area contributed by atoms with Gasteiger partial charge in [0.15, 0.2) is 11.9 Å². The predicted molar refractivity (Wildman–Crippen MR) is 85.4 cm³/mol. The van der Waals surface area contributed by atoms with Crippen molar-refractivity contribution < 1.29 is 19.1 Å². The monoisotopic (exact) mass is 325 g/mol. The van der Waals surface area contributed by atoms with Crippen molar-refractivity contribution in [2.45, 2.75) is 39.3 Å². The zero-order valence-corrected chi connectivity index (χ0v) is 13.7. The molecule has 5 heteroatoms. The van der Waals surface area contributed by atoms with Crippen molar-refractivity contribution >= 4 is 17.6 Å². The molecule has 1 saturated heterocycles. The van der Waals surface area contributed by atoms with Gasteiger partial charge < -0.3 is 4.74 Å². The van der Waals surface area contributed by atoms with Crippen molar-refractivity contribution in [2.75, 3.05) is 0 Å². The Kier molecular flexibility index (Phi) is 3.17. The molecule has 0 N–H and O–H groups in total. The topological polar surface area (TPSA) is 63.7 Å². The Hall–Kier alpha value is -2.43. The molecule has 4 rings (SSSR count). The number of carbonyl (C=O) groups excluding carboxylic acids is 3. The third-order valence-electron chi connectivity index (χ3n) is 5.24. The fourth-order valence-corrected chi connectivity index (χ4v) is 3.77. The lowest BCUT2D eigenvalue weighted by Crippen LogP contribution is -2.36. The van der Waals surface area contributed by atoms with E-state index >= 15 is 0 Å². The highest BCUT2D eigenvalue weighted by Gasteiger charge is 2.59. The summed E-state index contributed by atoms with van der Waals surface area (Å²) in [5.74, 6) is -0.920. The molecule has 2 amide bonds. The number of carbonyl (C=O) groups is 3. The summed E-state index contributed by atoms with van der Waals surface area (Å²) >= 11 is 0. The molecule has 2 heterocycles. The molecule has 0 bridgehead atoms. The maximum Gasteiger partial charge on any atom is 0.271 e. The number of Topliss-reactive ketones (excluding diaryl/α,β-unsaturated/α-hetero) is 1. The smallest absolute Gasteiger partial charge is 0.271 e. The van der Waals surface area contributed by atoms with Gasteiger partial charge in [-0.2, -0.15) is 0 Å². The number of imide groups is 1. The lowest BCUT2D eigenvalue weighted by Gasteiger charge is -2.29. The lowest BCUT2D eigenvalue weighted by molar-refractivity contribution is -0.142. The molecular formula is C19H19NO4. The van der Waals surface area contributed by atoms with Crippen LogP contribution in [0.1, 0.15) is 32.3 Å². The Morgan fingerprint density at radius 3 is 2.54 bits per heavy atom. The highest BCUT2D eigenvalue weighted by molar-refractivity contribution is 6.15. The first kappa shape index (κ1) is 15.1. The number of amides is 2. The third kappa shape index (κ3) is 2.04. The van der Waals surface area contributed by atoms with Gasteiger partial charge in [0.05, 0.1) is 12.1 Å². The summed E-state index contributed by atoms with van der Waals surface area (Å²) in [5.41, 5.74) is 0.807. The molecule has 24 heavy (non-hydrogen) atoms. The van der Waals surface area contributed by atoms with Crippen molar-refractivity contribution in [1.82, 2.24) is 4.90 Å². The van der Waals surface area contributed by atoms with Crippen LogP contribution in [0.15, 0.2) is 41.7 Å². The van der Waals surface area contributed by atoms with Crippen molar-refractivity contribution in [3.63, 3.8) is 0 Å². The van der Waals surface area contributed by atoms with Gasteiger partial charge in [-0.15, -0.1) is 0 Å². The van der Waals surface area contributed by atoms with E-state index in [0.717, 1.165) is 5.56 Å². The van der Waals surface area contributed by atoms with Crippen molar-refractivity contribution in [3.05, 3.63) is 47.2 Å². The maximum absolute atomic E-state index is 12.9. The predicted octanol–water partition coefficient (Wildman–Crippen LogP) is 2.21. The van der Waals surface area contributed by atoms with Crippen LogP contribution < -0.4 is 0 Å². The van der Waals surface area contributed by atoms with Crippen LogP contribution in [0.2, 0.25) is 0 Å². The van der Waals surface area contributed by atoms with Gasteiger partial charge in [-0.3, -0.25) is 19.3 Å². The Morgan fingerprint density at radius 1 is 1.12 bits per heavy atom. The zero-order chi connectivity index (χ0) is 17.1. The van der Waals surface area contributed by atoms with Crippen LogP contribution in [-0.4, -0.2) is 28.6 Å². The van der Waals surface area contributed by atoms with E-state index < -0.39 is 17.4 Å². The first-order valence-electron chi connectivity index (χ1n) is 8.24. The van der Waals surface area contributed by atoms with Gasteiger partial charge in [0.2, 0.25) is 5.91 Å². The number of nitrogens with zero attached hydrogens (tertiary/aromatic N) is 1. The maximum atomic E-state index is 12.9. The molecule has 1 fully saturated rings. The van der Waals surface area contributed by atoms with Gasteiger partial charge in [-0.25, -0.2) is 0 Å². The fraction of sp³-hybridized carbons (Fsp3) is 0.421. The van der Waals surface area contributed by atoms with Crippen LogP contribution >= 0.6 is 0 Å². The van der Waals surface area contributed by atoms with E-state index in [4.69, 9.17) is 4.74 Å². The van der Waals surface area contributed by atoms with Crippen molar-refractivity contribution in [2.24, 2.45) is 11.3 Å². The summed E-state index contributed by atoms with van der Waals surface area (Å²) in [6.45, 7) is 3.99. The van der Waals surface area contributed by atoms with E-state index in [2.05, 4.69) is 0 Å². The number of fused-ring (bicyclic) bond motifs is 2. The summed E-state index contributed by atoms with van der Waals surface area (Å²) < 4.78 is 5.75. The number of hydrogen-bond donors (Lipinski definition) is 0. The number of benzene rings is 1. The Bertz CT molecular complexity index is 778. The van der Waals surface area contributed by atoms with E-state index in [1.54, 1.807) is 0 Å². The van der Waals surface area contributed by atoms with E-state index in [1.165, 1.54) is 4.90 Å². The summed E-state index contributed by atoms with van der Waals surface area (Å²) in [7, 11) is 0. The Morgan fingerprint density at radius 2 is 1.83 bits per heavy atom. The van der Waals surface area contributed by atoms with Crippen molar-refractivity contribution in [3.8, 4) is 0 Å². The largest absolute Gasteiger partial charge is 0.483 e. The molecule has 0 saturated carbocycles. The second kappa shape index (κ2) is 5.03. The number of likely N-dealkylation sites (tertiary alicyclic amines) is 1. The normalized spacial score (nSPS) is 28.1. The number of ketones is 1. The SMILES string of the molecule is CC1(C)CCC2=C(C1=O)[C@H]1C(=O)N(Cc3ccccc3)C(=O)[C@H]1O2. The molecule has 2 aliphatic heterocycles. The van der Waals surface area contributed by atoms with Gasteiger partial charge in [0.25, 0.3) is 5.91 Å². The molecule has 0 unspecified atom stereocenters. The van der Waals surface area contributed by atoms with Crippen LogP contribution in [-0.2, 0) is 25.7 Å². The average molecular weight is 325 g/mol. The van der Waals surface area contributed by atoms with Gasteiger partial charge in [-0.05, 0) is 12.0 Å². The minimum absolute atomic E-state index is 0.0565. The van der Waals surface area contributed by atoms with E-state index in [-0.39, 0.29) is 24.1 Å². The first-order chi connectivity index (χ1) is 11.4. The van der Waals surface area contributed by atoms with Crippen LogP contribution in [0, 0.1) is 11.3 Å². The first-order valence-corrected chi connectivity index (χ1v) is 8.24. The molecule has 5 nitrogen and oxygen atoms in total. The molecule has 0 aromatic heterocycles. The van der Waals surface area contributed by atoms with E-state index in [0.29, 0.717) is 24.2 Å². The average Bonchev–Trinajstić information content (AvgIpc) is 3.05. The van der Waals surface area contributed by atoms with Crippen LogP contribution in [0.4, 0.5) is 0 Å². The minimum atomic E-state index is -0.857. The zero-order valence-electron chi connectivity index (χ0n) is 13.7. The molecule has 1 aromatic carbocycles. The molecule has 3 aliphatic rings. The summed E-state index contributed by atoms with van der Waals surface area (Å²) in [6, 6.07) is 9.36. The number of ether oxygens (including phenoxy) is 1. The molecule has 124 valence electrons. The summed E-state index contributed by atoms with van der Waals surface area (Å²) in [5, 5.41) is 0.